The molecule has 0 aliphatic heterocycles. The van der Waals surface area contributed by atoms with Gasteiger partial charge in [0.05, 0.1) is 9.23 Å². The molecule has 0 fully saturated rings. The molecule has 1 aromatic heterocycles. The summed E-state index contributed by atoms with van der Waals surface area (Å²) in [6.45, 7) is 4.10. The molecule has 18 heavy (non-hydrogen) atoms. The lowest BCUT2D eigenvalue weighted by molar-refractivity contribution is 0.675. The molecule has 0 aliphatic rings. The number of hydrogen-bond donors (Lipinski definition) is 1. The largest absolute Gasteiger partial charge is 0.313 e. The summed E-state index contributed by atoms with van der Waals surface area (Å²) in [7, 11) is 0. The van der Waals surface area contributed by atoms with Gasteiger partial charge in [0, 0.05) is 11.4 Å². The zero-order valence-corrected chi connectivity index (χ0v) is 12.7. The minimum atomic E-state index is 0.837. The number of halogens is 1. The molecule has 1 aromatic carbocycles. The summed E-state index contributed by atoms with van der Waals surface area (Å²) in [6.07, 6.45) is 1.15. The van der Waals surface area contributed by atoms with Crippen LogP contribution < -0.4 is 5.32 Å². The van der Waals surface area contributed by atoms with Gasteiger partial charge in [-0.25, -0.2) is 0 Å². The molecule has 0 atom stereocenters. The molecular formula is C14H16ClNS2. The minimum Gasteiger partial charge on any atom is -0.313 e. The highest BCUT2D eigenvalue weighted by atomic mass is 35.5. The maximum atomic E-state index is 6.32. The second-order valence-corrected chi connectivity index (χ2v) is 6.67. The molecule has 0 saturated heterocycles. The van der Waals surface area contributed by atoms with Crippen LogP contribution in [0.25, 0.3) is 0 Å². The Morgan fingerprint density at radius 2 is 2.22 bits per heavy atom. The van der Waals surface area contributed by atoms with Crippen molar-refractivity contribution in [2.75, 3.05) is 6.54 Å². The van der Waals surface area contributed by atoms with Gasteiger partial charge in [0.2, 0.25) is 0 Å². The third kappa shape index (κ3) is 4.02. The smallest absolute Gasteiger partial charge is 0.0646 e. The van der Waals surface area contributed by atoms with E-state index in [1.165, 1.54) is 9.77 Å². The van der Waals surface area contributed by atoms with E-state index in [1.807, 2.05) is 0 Å². The van der Waals surface area contributed by atoms with Gasteiger partial charge in [-0.2, -0.15) is 0 Å². The molecular weight excluding hydrogens is 282 g/mol. The van der Waals surface area contributed by atoms with Gasteiger partial charge in [-0.1, -0.05) is 42.4 Å². The molecule has 2 aromatic rings. The van der Waals surface area contributed by atoms with Gasteiger partial charge < -0.3 is 5.32 Å². The molecule has 0 saturated carbocycles. The lowest BCUT2D eigenvalue weighted by atomic mass is 10.2. The monoisotopic (exact) mass is 297 g/mol. The molecule has 0 amide bonds. The first-order valence-corrected chi connectivity index (χ1v) is 8.07. The van der Waals surface area contributed by atoms with Crippen molar-refractivity contribution in [2.24, 2.45) is 0 Å². The van der Waals surface area contributed by atoms with Crippen LogP contribution in [0.5, 0.6) is 0 Å². The van der Waals surface area contributed by atoms with Crippen LogP contribution >= 0.6 is 34.7 Å². The third-order valence-electron chi connectivity index (χ3n) is 2.46. The van der Waals surface area contributed by atoms with E-state index in [0.29, 0.717) is 0 Å². The van der Waals surface area contributed by atoms with Crippen molar-refractivity contribution < 1.29 is 0 Å². The number of hydrogen-bond acceptors (Lipinski definition) is 3. The Kier molecular flexibility index (Phi) is 5.57. The van der Waals surface area contributed by atoms with Crippen molar-refractivity contribution in [3.05, 3.63) is 46.3 Å². The predicted octanol–water partition coefficient (Wildman–Crippen LogP) is 5.05. The second-order valence-electron chi connectivity index (χ2n) is 3.98. The van der Waals surface area contributed by atoms with Crippen molar-refractivity contribution in [1.82, 2.24) is 5.32 Å². The predicted molar refractivity (Wildman–Crippen MR) is 81.9 cm³/mol. The summed E-state index contributed by atoms with van der Waals surface area (Å²) in [4.78, 5) is 1.12. The normalized spacial score (nSPS) is 10.8. The van der Waals surface area contributed by atoms with Gasteiger partial charge >= 0.3 is 0 Å². The molecule has 0 unspecified atom stereocenters. The lowest BCUT2D eigenvalue weighted by Gasteiger charge is -2.07. The molecule has 1 heterocycles. The molecule has 0 bridgehead atoms. The Hall–Kier alpha value is -0.480. The van der Waals surface area contributed by atoms with Crippen molar-refractivity contribution in [2.45, 2.75) is 29.0 Å². The van der Waals surface area contributed by atoms with E-state index >= 15 is 0 Å². The average Bonchev–Trinajstić information content (AvgIpc) is 2.86. The summed E-state index contributed by atoms with van der Waals surface area (Å²) in [5, 5.41) is 6.30. The van der Waals surface area contributed by atoms with Crippen LogP contribution in [0.1, 0.15) is 18.9 Å². The quantitative estimate of drug-likeness (QED) is 0.749. The zero-order valence-electron chi connectivity index (χ0n) is 10.3. The van der Waals surface area contributed by atoms with E-state index in [4.69, 9.17) is 11.6 Å². The van der Waals surface area contributed by atoms with Gasteiger partial charge in [0.1, 0.15) is 0 Å². The standard InChI is InChI=1S/C14H16ClNS2/c1-2-7-16-10-11-5-6-13(12(15)9-11)18-14-4-3-8-17-14/h3-6,8-9,16H,2,7,10H2,1H3. The van der Waals surface area contributed by atoms with Crippen molar-refractivity contribution in [3.8, 4) is 0 Å². The van der Waals surface area contributed by atoms with Crippen LogP contribution in [0.3, 0.4) is 0 Å². The van der Waals surface area contributed by atoms with Crippen LogP contribution in [0.4, 0.5) is 0 Å². The summed E-state index contributed by atoms with van der Waals surface area (Å²) in [6, 6.07) is 10.5. The van der Waals surface area contributed by atoms with Crippen LogP contribution in [-0.4, -0.2) is 6.54 Å². The van der Waals surface area contributed by atoms with Gasteiger partial charge in [0.25, 0.3) is 0 Å². The Balaban J connectivity index is 2.01. The molecule has 96 valence electrons. The molecule has 0 radical (unpaired) electrons. The summed E-state index contributed by atoms with van der Waals surface area (Å²) in [5.41, 5.74) is 1.24. The number of thiophene rings is 1. The maximum absolute atomic E-state index is 6.32. The molecule has 4 heteroatoms. The van der Waals surface area contributed by atoms with Gasteiger partial charge in [0.15, 0.2) is 0 Å². The van der Waals surface area contributed by atoms with Gasteiger partial charge in [-0.15, -0.1) is 11.3 Å². The van der Waals surface area contributed by atoms with Gasteiger partial charge in [-0.3, -0.25) is 0 Å². The highest BCUT2D eigenvalue weighted by Gasteiger charge is 2.04. The Bertz CT molecular complexity index is 483. The molecule has 1 N–H and O–H groups in total. The average molecular weight is 298 g/mol. The summed E-state index contributed by atoms with van der Waals surface area (Å²) in [5.74, 6) is 0. The number of nitrogens with one attached hydrogen (secondary N) is 1. The van der Waals surface area contributed by atoms with Gasteiger partial charge in [-0.05, 0) is 42.1 Å². The van der Waals surface area contributed by atoms with Crippen molar-refractivity contribution in [3.63, 3.8) is 0 Å². The fourth-order valence-electron chi connectivity index (χ4n) is 1.58. The van der Waals surface area contributed by atoms with Crippen LogP contribution in [0.2, 0.25) is 5.02 Å². The highest BCUT2D eigenvalue weighted by Crippen LogP contribution is 2.36. The zero-order chi connectivity index (χ0) is 12.8. The van der Waals surface area contributed by atoms with E-state index in [9.17, 15) is 0 Å². The Morgan fingerprint density at radius 1 is 1.33 bits per heavy atom. The Morgan fingerprint density at radius 3 is 2.89 bits per heavy atom. The third-order valence-corrected chi connectivity index (χ3v) is 5.00. The minimum absolute atomic E-state index is 0.837. The fourth-order valence-corrected chi connectivity index (χ4v) is 3.63. The Labute approximate surface area is 122 Å². The highest BCUT2D eigenvalue weighted by molar-refractivity contribution is 8.01. The van der Waals surface area contributed by atoms with Crippen LogP contribution in [0.15, 0.2) is 44.8 Å². The maximum Gasteiger partial charge on any atom is 0.0646 e. The van der Waals surface area contributed by atoms with E-state index in [1.54, 1.807) is 23.1 Å². The number of rotatable bonds is 6. The molecule has 2 rings (SSSR count). The molecule has 0 spiro atoms. The van der Waals surface area contributed by atoms with E-state index in [-0.39, 0.29) is 0 Å². The van der Waals surface area contributed by atoms with Crippen LogP contribution in [-0.2, 0) is 6.54 Å². The summed E-state index contributed by atoms with van der Waals surface area (Å²) < 4.78 is 1.27. The van der Waals surface area contributed by atoms with E-state index < -0.39 is 0 Å². The summed E-state index contributed by atoms with van der Waals surface area (Å²) >= 11 is 9.78. The van der Waals surface area contributed by atoms with Crippen molar-refractivity contribution >= 4 is 34.7 Å². The first kappa shape index (κ1) is 13.9. The second kappa shape index (κ2) is 7.19. The lowest BCUT2D eigenvalue weighted by Crippen LogP contribution is -2.13. The van der Waals surface area contributed by atoms with Crippen molar-refractivity contribution in [1.29, 1.82) is 0 Å². The van der Waals surface area contributed by atoms with E-state index in [2.05, 4.69) is 48.0 Å². The molecule has 1 nitrogen and oxygen atoms in total. The van der Waals surface area contributed by atoms with E-state index in [0.717, 1.165) is 29.4 Å². The molecule has 0 aliphatic carbocycles. The van der Waals surface area contributed by atoms with Crippen LogP contribution in [0, 0.1) is 0 Å². The first-order valence-electron chi connectivity index (χ1n) is 6.00. The number of benzene rings is 1. The SMILES string of the molecule is CCCNCc1ccc(Sc2cccs2)c(Cl)c1. The topological polar surface area (TPSA) is 12.0 Å². The first-order chi connectivity index (χ1) is 8.79. The fraction of sp³-hybridized carbons (Fsp3) is 0.286.